The minimum Gasteiger partial charge on any atom is -0.343 e. The van der Waals surface area contributed by atoms with Crippen LogP contribution in [0.15, 0.2) is 34.7 Å². The highest BCUT2D eigenvalue weighted by molar-refractivity contribution is 7.85. The minimum absolute atomic E-state index is 0.153. The molecule has 3 aliphatic rings. The van der Waals surface area contributed by atoms with Crippen LogP contribution in [0.4, 0.5) is 0 Å². The average Bonchev–Trinajstić information content (AvgIpc) is 3.11. The summed E-state index contributed by atoms with van der Waals surface area (Å²) in [4.78, 5) is 0. The Morgan fingerprint density at radius 3 is 2.55 bits per heavy atom. The van der Waals surface area contributed by atoms with Gasteiger partial charge in [-0.1, -0.05) is 30.3 Å². The van der Waals surface area contributed by atoms with Crippen molar-refractivity contribution in [1.82, 2.24) is 0 Å². The van der Waals surface area contributed by atoms with Crippen LogP contribution in [0.5, 0.6) is 0 Å². The molecule has 1 aromatic rings. The molecule has 3 saturated heterocycles. The normalized spacial score (nSPS) is 35.5. The molecule has 0 spiro atoms. The van der Waals surface area contributed by atoms with Gasteiger partial charge >= 0.3 is 10.3 Å². The summed E-state index contributed by atoms with van der Waals surface area (Å²) in [7, 11) is -4.22. The molecule has 0 amide bonds. The first-order valence-corrected chi connectivity index (χ1v) is 10.7. The topological polar surface area (TPSA) is 102 Å². The summed E-state index contributed by atoms with van der Waals surface area (Å²) in [5, 5.41) is 0. The summed E-state index contributed by atoms with van der Waals surface area (Å²) < 4.78 is 63.0. The van der Waals surface area contributed by atoms with Crippen LogP contribution < -0.4 is 0 Å². The Morgan fingerprint density at radius 1 is 1.10 bits per heavy atom. The van der Waals surface area contributed by atoms with Crippen LogP contribution in [0.1, 0.15) is 33.3 Å². The van der Waals surface area contributed by atoms with Gasteiger partial charge in [-0.3, -0.25) is 0 Å². The number of ether oxygens (including phenoxy) is 5. The van der Waals surface area contributed by atoms with E-state index in [-0.39, 0.29) is 12.7 Å². The van der Waals surface area contributed by atoms with Crippen LogP contribution >= 0.6 is 0 Å². The van der Waals surface area contributed by atoms with Gasteiger partial charge in [0.25, 0.3) is 0 Å². The van der Waals surface area contributed by atoms with E-state index in [0.717, 1.165) is 0 Å². The fraction of sp³-hybridized carbons (Fsp3) is 0.632. The van der Waals surface area contributed by atoms with Crippen LogP contribution in [0.3, 0.4) is 0 Å². The lowest BCUT2D eigenvalue weighted by atomic mass is 9.98. The monoisotopic (exact) mass is 427 g/mol. The summed E-state index contributed by atoms with van der Waals surface area (Å²) in [6, 6.07) is 8.84. The minimum atomic E-state index is -4.22. The first-order chi connectivity index (χ1) is 13.5. The van der Waals surface area contributed by atoms with Gasteiger partial charge in [-0.15, -0.1) is 4.40 Å². The van der Waals surface area contributed by atoms with Gasteiger partial charge < -0.3 is 23.7 Å². The van der Waals surface area contributed by atoms with Gasteiger partial charge in [-0.05, 0) is 33.3 Å². The van der Waals surface area contributed by atoms with Crippen molar-refractivity contribution in [3.05, 3.63) is 35.9 Å². The van der Waals surface area contributed by atoms with Gasteiger partial charge in [0.2, 0.25) is 5.79 Å². The highest BCUT2D eigenvalue weighted by Gasteiger charge is 2.65. The number of rotatable bonds is 5. The highest BCUT2D eigenvalue weighted by Crippen LogP contribution is 2.47. The van der Waals surface area contributed by atoms with Crippen LogP contribution in [0.2, 0.25) is 0 Å². The third kappa shape index (κ3) is 4.38. The molecule has 3 heterocycles. The summed E-state index contributed by atoms with van der Waals surface area (Å²) in [5.41, 5.74) is 0.632. The van der Waals surface area contributed by atoms with Crippen molar-refractivity contribution in [3.63, 3.8) is 0 Å². The maximum Gasteiger partial charge on any atom is 0.381 e. The Kier molecular flexibility index (Phi) is 5.10. The summed E-state index contributed by atoms with van der Waals surface area (Å²) >= 11 is 0. The number of fused-ring (bicyclic) bond motifs is 3. The molecule has 29 heavy (non-hydrogen) atoms. The second-order valence-corrected chi connectivity index (χ2v) is 9.44. The van der Waals surface area contributed by atoms with Crippen molar-refractivity contribution < 1.29 is 36.3 Å². The Labute approximate surface area is 170 Å². The van der Waals surface area contributed by atoms with Crippen LogP contribution in [0, 0.1) is 0 Å². The second-order valence-electron chi connectivity index (χ2n) is 8.14. The first kappa shape index (κ1) is 20.9. The van der Waals surface area contributed by atoms with Crippen molar-refractivity contribution in [3.8, 4) is 0 Å². The molecule has 0 saturated carbocycles. The van der Waals surface area contributed by atoms with Gasteiger partial charge in [0.15, 0.2) is 11.6 Å². The lowest BCUT2D eigenvalue weighted by Crippen LogP contribution is -2.60. The maximum atomic E-state index is 12.3. The van der Waals surface area contributed by atoms with Gasteiger partial charge in [0.05, 0.1) is 6.61 Å². The molecule has 4 atom stereocenters. The number of hydrogen-bond acceptors (Lipinski definition) is 8. The molecule has 0 unspecified atom stereocenters. The molecule has 1 aromatic carbocycles. The molecule has 9 nitrogen and oxygen atoms in total. The average molecular weight is 427 g/mol. The fourth-order valence-corrected chi connectivity index (χ4v) is 4.42. The smallest absolute Gasteiger partial charge is 0.343 e. The molecular formula is C19H25NO8S. The number of benzene rings is 1. The molecular weight excluding hydrogens is 402 g/mol. The van der Waals surface area contributed by atoms with E-state index in [1.165, 1.54) is 6.21 Å². The lowest BCUT2D eigenvalue weighted by Gasteiger charge is -2.40. The van der Waals surface area contributed by atoms with Crippen molar-refractivity contribution in [2.45, 2.75) is 63.4 Å². The molecule has 0 bridgehead atoms. The summed E-state index contributed by atoms with van der Waals surface area (Å²) in [5.74, 6) is -3.28. The fourth-order valence-electron chi connectivity index (χ4n) is 3.80. The van der Waals surface area contributed by atoms with Crippen molar-refractivity contribution in [2.24, 2.45) is 4.40 Å². The summed E-state index contributed by atoms with van der Waals surface area (Å²) in [6.45, 7) is 6.76. The van der Waals surface area contributed by atoms with Crippen LogP contribution in [0.25, 0.3) is 0 Å². The number of hydrogen-bond donors (Lipinski definition) is 0. The Balaban J connectivity index is 1.51. The van der Waals surface area contributed by atoms with E-state index in [9.17, 15) is 8.42 Å². The number of nitrogens with zero attached hydrogens (tertiary/aromatic N) is 1. The Hall–Kier alpha value is -1.40. The molecule has 0 N–H and O–H groups in total. The van der Waals surface area contributed by atoms with E-state index in [0.29, 0.717) is 5.56 Å². The predicted molar refractivity (Wildman–Crippen MR) is 101 cm³/mol. The van der Waals surface area contributed by atoms with Crippen molar-refractivity contribution >= 4 is 16.5 Å². The molecule has 4 rings (SSSR count). The SMILES string of the molecule is CC1(C)O[C@@H]2[C@@H](CO[C@@]3(COS(=O)(=O)N=Cc4ccccc4)OC(C)(C)O[C@@H]23)O1. The predicted octanol–water partition coefficient (Wildman–Crippen LogP) is 1.76. The summed E-state index contributed by atoms with van der Waals surface area (Å²) in [6.07, 6.45) is -0.353. The zero-order chi connectivity index (χ0) is 20.9. The van der Waals surface area contributed by atoms with E-state index in [1.807, 2.05) is 6.07 Å². The lowest BCUT2D eigenvalue weighted by molar-refractivity contribution is -0.290. The first-order valence-electron chi connectivity index (χ1n) is 9.37. The Morgan fingerprint density at radius 2 is 1.83 bits per heavy atom. The molecule has 10 heteroatoms. The van der Waals surface area contributed by atoms with Crippen LogP contribution in [-0.4, -0.2) is 63.5 Å². The van der Waals surface area contributed by atoms with Gasteiger partial charge in [-0.25, -0.2) is 4.18 Å². The molecule has 3 fully saturated rings. The van der Waals surface area contributed by atoms with Gasteiger partial charge in [0.1, 0.15) is 24.9 Å². The van der Waals surface area contributed by atoms with Crippen molar-refractivity contribution in [2.75, 3.05) is 13.2 Å². The highest BCUT2D eigenvalue weighted by atomic mass is 32.2. The standard InChI is InChI=1S/C19H25NO8S/c1-17(2)25-14-11-23-19(16(15(14)26-17)27-18(3,4)28-19)12-24-29(21,22)20-10-13-8-6-5-7-9-13/h5-10,14-16H,11-12H2,1-4H3/t14-,15-,16+,19+/m1/s1. The van der Waals surface area contributed by atoms with E-state index >= 15 is 0 Å². The zero-order valence-electron chi connectivity index (χ0n) is 16.7. The van der Waals surface area contributed by atoms with E-state index in [2.05, 4.69) is 4.40 Å². The van der Waals surface area contributed by atoms with E-state index < -0.39 is 46.5 Å². The molecule has 0 radical (unpaired) electrons. The Bertz CT molecular complexity index is 885. The molecule has 3 aliphatic heterocycles. The van der Waals surface area contributed by atoms with Crippen LogP contribution in [-0.2, 0) is 38.2 Å². The zero-order valence-corrected chi connectivity index (χ0v) is 17.5. The molecule has 0 aromatic heterocycles. The largest absolute Gasteiger partial charge is 0.381 e. The third-order valence-corrected chi connectivity index (χ3v) is 5.59. The third-order valence-electron chi connectivity index (χ3n) is 4.81. The molecule has 160 valence electrons. The van der Waals surface area contributed by atoms with Crippen molar-refractivity contribution in [1.29, 1.82) is 0 Å². The maximum absolute atomic E-state index is 12.3. The van der Waals surface area contributed by atoms with E-state index in [1.54, 1.807) is 52.0 Å². The second kappa shape index (κ2) is 7.09. The van der Waals surface area contributed by atoms with Gasteiger partial charge in [-0.2, -0.15) is 8.42 Å². The quantitative estimate of drug-likeness (QED) is 0.655. The van der Waals surface area contributed by atoms with E-state index in [4.69, 9.17) is 27.9 Å². The van der Waals surface area contributed by atoms with Gasteiger partial charge in [0, 0.05) is 6.21 Å². The molecule has 0 aliphatic carbocycles.